The van der Waals surface area contributed by atoms with E-state index in [1.165, 1.54) is 47.5 Å². The highest BCUT2D eigenvalue weighted by Crippen LogP contribution is 2.35. The highest BCUT2D eigenvalue weighted by molar-refractivity contribution is 7.93. The molecule has 0 aromatic heterocycles. The van der Waals surface area contributed by atoms with E-state index in [1.807, 2.05) is 0 Å². The third-order valence-corrected chi connectivity index (χ3v) is 6.00. The van der Waals surface area contributed by atoms with E-state index in [2.05, 4.69) is 0 Å². The second kappa shape index (κ2) is 10.4. The van der Waals surface area contributed by atoms with Gasteiger partial charge in [-0.2, -0.15) is 0 Å². The SMILES string of the molecule is COc1cc(OC)c(C=CS(=O)(=O)Cc2ccc(OC)c(N(Cl)C(C)=O)c2)c(OC)c1. The van der Waals surface area contributed by atoms with E-state index < -0.39 is 15.7 Å². The molecule has 2 aromatic carbocycles. The summed E-state index contributed by atoms with van der Waals surface area (Å²) in [6, 6.07) is 7.89. The van der Waals surface area contributed by atoms with Gasteiger partial charge in [0.25, 0.3) is 0 Å². The molecule has 0 aliphatic carbocycles. The number of methoxy groups -OCH3 is 4. The number of carbonyl (C=O) groups is 1. The molecule has 0 aliphatic rings. The summed E-state index contributed by atoms with van der Waals surface area (Å²) in [5.74, 6) is 0.898. The van der Waals surface area contributed by atoms with Crippen molar-refractivity contribution in [3.63, 3.8) is 0 Å². The Morgan fingerprint density at radius 3 is 2.03 bits per heavy atom. The lowest BCUT2D eigenvalue weighted by atomic mass is 10.1. The van der Waals surface area contributed by atoms with Crippen LogP contribution >= 0.6 is 11.8 Å². The number of sulfone groups is 1. The number of halogens is 1. The molecule has 0 heterocycles. The monoisotopic (exact) mass is 469 g/mol. The molecular weight excluding hydrogens is 446 g/mol. The van der Waals surface area contributed by atoms with Crippen molar-refractivity contribution >= 4 is 39.3 Å². The van der Waals surface area contributed by atoms with Crippen LogP contribution in [0.15, 0.2) is 35.7 Å². The molecule has 2 rings (SSSR count). The molecule has 0 radical (unpaired) electrons. The Kier molecular flexibility index (Phi) is 8.18. The van der Waals surface area contributed by atoms with Crippen LogP contribution in [-0.4, -0.2) is 42.8 Å². The molecule has 1 amide bonds. The molecule has 0 unspecified atom stereocenters. The van der Waals surface area contributed by atoms with E-state index in [1.54, 1.807) is 24.3 Å². The van der Waals surface area contributed by atoms with Crippen LogP contribution in [0.3, 0.4) is 0 Å². The van der Waals surface area contributed by atoms with E-state index in [9.17, 15) is 13.2 Å². The van der Waals surface area contributed by atoms with Gasteiger partial charge in [-0.15, -0.1) is 0 Å². The van der Waals surface area contributed by atoms with Crippen LogP contribution in [0.5, 0.6) is 23.0 Å². The summed E-state index contributed by atoms with van der Waals surface area (Å²) >= 11 is 6.00. The fourth-order valence-corrected chi connectivity index (χ4v) is 4.01. The van der Waals surface area contributed by atoms with E-state index in [0.29, 0.717) is 34.1 Å². The van der Waals surface area contributed by atoms with Gasteiger partial charge < -0.3 is 18.9 Å². The molecular formula is C21H24ClNO7S. The normalized spacial score (nSPS) is 11.3. The number of rotatable bonds is 9. The molecule has 168 valence electrons. The zero-order valence-corrected chi connectivity index (χ0v) is 19.4. The maximum absolute atomic E-state index is 12.7. The second-order valence-corrected chi connectivity index (χ2v) is 8.59. The first-order chi connectivity index (χ1) is 14.6. The summed E-state index contributed by atoms with van der Waals surface area (Å²) in [6.07, 6.45) is 1.40. The van der Waals surface area contributed by atoms with Crippen molar-refractivity contribution in [3.8, 4) is 23.0 Å². The predicted octanol–water partition coefficient (Wildman–Crippen LogP) is 3.81. The zero-order chi connectivity index (χ0) is 23.2. The molecule has 0 N–H and O–H groups in total. The van der Waals surface area contributed by atoms with Crippen molar-refractivity contribution in [2.75, 3.05) is 32.9 Å². The number of hydrogen-bond acceptors (Lipinski definition) is 7. The van der Waals surface area contributed by atoms with Crippen LogP contribution < -0.4 is 23.4 Å². The van der Waals surface area contributed by atoms with Gasteiger partial charge in [0.1, 0.15) is 28.7 Å². The van der Waals surface area contributed by atoms with E-state index in [0.717, 1.165) is 9.83 Å². The van der Waals surface area contributed by atoms with Crippen LogP contribution in [-0.2, 0) is 20.4 Å². The first kappa shape index (κ1) is 24.4. The fraction of sp³-hybridized carbons (Fsp3) is 0.286. The van der Waals surface area contributed by atoms with Crippen LogP contribution in [0.4, 0.5) is 5.69 Å². The number of amides is 1. The number of ether oxygens (including phenoxy) is 4. The van der Waals surface area contributed by atoms with Gasteiger partial charge in [-0.3, -0.25) is 4.79 Å². The second-order valence-electron chi connectivity index (χ2n) is 6.36. The molecule has 0 spiro atoms. The Labute approximate surface area is 186 Å². The lowest BCUT2D eigenvalue weighted by Crippen LogP contribution is -2.17. The van der Waals surface area contributed by atoms with Crippen molar-refractivity contribution in [3.05, 3.63) is 46.9 Å². The van der Waals surface area contributed by atoms with E-state index >= 15 is 0 Å². The average molecular weight is 470 g/mol. The Balaban J connectivity index is 2.37. The first-order valence-electron chi connectivity index (χ1n) is 9.00. The topological polar surface area (TPSA) is 91.4 Å². The Morgan fingerprint density at radius 2 is 1.55 bits per heavy atom. The number of benzene rings is 2. The van der Waals surface area contributed by atoms with E-state index in [-0.39, 0.29) is 11.4 Å². The minimum absolute atomic E-state index is 0.256. The number of carbonyl (C=O) groups excluding carboxylic acids is 1. The Bertz CT molecular complexity index is 1060. The number of anilines is 1. The molecule has 0 aliphatic heterocycles. The molecule has 0 saturated carbocycles. The Morgan fingerprint density at radius 1 is 0.968 bits per heavy atom. The van der Waals surface area contributed by atoms with Gasteiger partial charge in [0.2, 0.25) is 5.91 Å². The van der Waals surface area contributed by atoms with Crippen molar-refractivity contribution < 1.29 is 32.2 Å². The van der Waals surface area contributed by atoms with Crippen LogP contribution in [0.25, 0.3) is 6.08 Å². The highest BCUT2D eigenvalue weighted by Gasteiger charge is 2.18. The largest absolute Gasteiger partial charge is 0.496 e. The third-order valence-electron chi connectivity index (χ3n) is 4.29. The van der Waals surface area contributed by atoms with Gasteiger partial charge in [-0.25, -0.2) is 12.8 Å². The minimum atomic E-state index is -3.69. The quantitative estimate of drug-likeness (QED) is 0.515. The van der Waals surface area contributed by atoms with Crippen LogP contribution in [0, 0.1) is 0 Å². The van der Waals surface area contributed by atoms with Crippen molar-refractivity contribution in [2.45, 2.75) is 12.7 Å². The third kappa shape index (κ3) is 6.05. The summed E-state index contributed by atoms with van der Waals surface area (Å²) in [5, 5.41) is 1.08. The van der Waals surface area contributed by atoms with Crippen molar-refractivity contribution in [1.82, 2.24) is 0 Å². The molecule has 0 saturated heterocycles. The van der Waals surface area contributed by atoms with Crippen LogP contribution in [0.2, 0.25) is 0 Å². The standard InChI is InChI=1S/C21H24ClNO7S/c1-14(24)23(22)18-10-15(6-7-19(18)28-3)13-31(25,26)9-8-17-20(29-4)11-16(27-2)12-21(17)30-5/h6-12H,13H2,1-5H3. The maximum Gasteiger partial charge on any atom is 0.238 e. The molecule has 0 atom stereocenters. The molecule has 8 nitrogen and oxygen atoms in total. The number of nitrogens with zero attached hydrogens (tertiary/aromatic N) is 1. The summed E-state index contributed by atoms with van der Waals surface area (Å²) < 4.78 is 47.4. The van der Waals surface area contributed by atoms with Gasteiger partial charge in [0.05, 0.1) is 39.8 Å². The van der Waals surface area contributed by atoms with Gasteiger partial charge >= 0.3 is 0 Å². The fourth-order valence-electron chi connectivity index (χ4n) is 2.80. The van der Waals surface area contributed by atoms with Crippen molar-refractivity contribution in [1.29, 1.82) is 0 Å². The average Bonchev–Trinajstić information content (AvgIpc) is 2.75. The smallest absolute Gasteiger partial charge is 0.238 e. The summed E-state index contributed by atoms with van der Waals surface area (Å²) in [7, 11) is 2.17. The highest BCUT2D eigenvalue weighted by atomic mass is 35.5. The lowest BCUT2D eigenvalue weighted by molar-refractivity contribution is -0.115. The van der Waals surface area contributed by atoms with Gasteiger partial charge in [-0.1, -0.05) is 6.07 Å². The van der Waals surface area contributed by atoms with Crippen LogP contribution in [0.1, 0.15) is 18.1 Å². The molecule has 2 aromatic rings. The molecule has 10 heteroatoms. The maximum atomic E-state index is 12.7. The van der Waals surface area contributed by atoms with Gasteiger partial charge in [-0.05, 0) is 23.8 Å². The van der Waals surface area contributed by atoms with Gasteiger partial charge in [0, 0.05) is 36.2 Å². The molecule has 0 fully saturated rings. The van der Waals surface area contributed by atoms with Crippen molar-refractivity contribution in [2.24, 2.45) is 0 Å². The van der Waals surface area contributed by atoms with Gasteiger partial charge in [0.15, 0.2) is 9.84 Å². The summed E-state index contributed by atoms with van der Waals surface area (Å²) in [4.78, 5) is 11.6. The molecule has 31 heavy (non-hydrogen) atoms. The zero-order valence-electron chi connectivity index (χ0n) is 17.8. The van der Waals surface area contributed by atoms with E-state index in [4.69, 9.17) is 30.7 Å². The summed E-state index contributed by atoms with van der Waals surface area (Å²) in [5.41, 5.74) is 1.14. The minimum Gasteiger partial charge on any atom is -0.496 e. The predicted molar refractivity (Wildman–Crippen MR) is 120 cm³/mol. The molecule has 0 bridgehead atoms. The lowest BCUT2D eigenvalue weighted by Gasteiger charge is -2.16. The number of hydrogen-bond donors (Lipinski definition) is 0. The first-order valence-corrected chi connectivity index (χ1v) is 11.0. The Hall–Kier alpha value is -2.91. The summed E-state index contributed by atoms with van der Waals surface area (Å²) in [6.45, 7) is 1.29.